The van der Waals surface area contributed by atoms with E-state index in [1.165, 1.54) is 0 Å². The molecule has 0 bridgehead atoms. The van der Waals surface area contributed by atoms with Gasteiger partial charge in [0.1, 0.15) is 6.10 Å². The summed E-state index contributed by atoms with van der Waals surface area (Å²) in [6.07, 6.45) is -0.0498. The second-order valence-corrected chi connectivity index (χ2v) is 6.41. The molecular formula is C16H22O3. The summed E-state index contributed by atoms with van der Waals surface area (Å²) in [6.45, 7) is 8.31. The van der Waals surface area contributed by atoms with E-state index in [4.69, 9.17) is 9.47 Å². The first-order chi connectivity index (χ1) is 8.81. The molecule has 1 aromatic rings. The maximum atomic E-state index is 12.2. The van der Waals surface area contributed by atoms with Crippen molar-refractivity contribution >= 4 is 5.97 Å². The standard InChI is InChI=1S/C16H22O3/c1-15(2)13(18-5)16(3,4)14(15)19-12(17)11-9-7-6-8-10-11/h6-10,13-14H,1-5H3. The van der Waals surface area contributed by atoms with Gasteiger partial charge in [0.25, 0.3) is 0 Å². The van der Waals surface area contributed by atoms with E-state index < -0.39 is 0 Å². The topological polar surface area (TPSA) is 35.5 Å². The Balaban J connectivity index is 2.14. The Morgan fingerprint density at radius 3 is 2.00 bits per heavy atom. The van der Waals surface area contributed by atoms with Crippen LogP contribution in [0.3, 0.4) is 0 Å². The third kappa shape index (κ3) is 2.16. The molecule has 1 aliphatic carbocycles. The molecule has 104 valence electrons. The molecule has 0 aliphatic heterocycles. The zero-order valence-corrected chi connectivity index (χ0v) is 12.3. The van der Waals surface area contributed by atoms with Crippen LogP contribution in [0.1, 0.15) is 38.1 Å². The van der Waals surface area contributed by atoms with Crippen molar-refractivity contribution in [3.8, 4) is 0 Å². The molecule has 3 nitrogen and oxygen atoms in total. The lowest BCUT2D eigenvalue weighted by molar-refractivity contribution is -0.256. The molecule has 1 fully saturated rings. The van der Waals surface area contributed by atoms with E-state index in [0.29, 0.717) is 5.56 Å². The lowest BCUT2D eigenvalue weighted by atomic mass is 9.51. The number of hydrogen-bond donors (Lipinski definition) is 0. The molecule has 0 N–H and O–H groups in total. The zero-order valence-electron chi connectivity index (χ0n) is 12.3. The number of methoxy groups -OCH3 is 1. The minimum Gasteiger partial charge on any atom is -0.457 e. The van der Waals surface area contributed by atoms with Crippen LogP contribution in [0.15, 0.2) is 30.3 Å². The van der Waals surface area contributed by atoms with Crippen molar-refractivity contribution < 1.29 is 14.3 Å². The van der Waals surface area contributed by atoms with Crippen molar-refractivity contribution in [1.82, 2.24) is 0 Å². The molecule has 3 heteroatoms. The van der Waals surface area contributed by atoms with Crippen molar-refractivity contribution in [1.29, 1.82) is 0 Å². The molecule has 0 unspecified atom stereocenters. The first-order valence-corrected chi connectivity index (χ1v) is 6.60. The molecule has 0 aromatic heterocycles. The van der Waals surface area contributed by atoms with Crippen molar-refractivity contribution in [2.24, 2.45) is 10.8 Å². The zero-order chi connectivity index (χ0) is 14.3. The Bertz CT molecular complexity index is 446. The van der Waals surface area contributed by atoms with E-state index in [-0.39, 0.29) is 29.0 Å². The number of carbonyl (C=O) groups is 1. The monoisotopic (exact) mass is 262 g/mol. The van der Waals surface area contributed by atoms with E-state index in [2.05, 4.69) is 27.7 Å². The average Bonchev–Trinajstić information content (AvgIpc) is 2.36. The Morgan fingerprint density at radius 1 is 1.00 bits per heavy atom. The van der Waals surface area contributed by atoms with Gasteiger partial charge >= 0.3 is 5.97 Å². The van der Waals surface area contributed by atoms with E-state index >= 15 is 0 Å². The largest absolute Gasteiger partial charge is 0.457 e. The van der Waals surface area contributed by atoms with Crippen molar-refractivity contribution in [2.75, 3.05) is 7.11 Å². The quantitative estimate of drug-likeness (QED) is 0.784. The molecule has 1 aromatic carbocycles. The van der Waals surface area contributed by atoms with Gasteiger partial charge in [-0.25, -0.2) is 4.79 Å². The van der Waals surface area contributed by atoms with E-state index in [9.17, 15) is 4.79 Å². The van der Waals surface area contributed by atoms with Crippen LogP contribution in [0.2, 0.25) is 0 Å². The van der Waals surface area contributed by atoms with Crippen molar-refractivity contribution in [3.05, 3.63) is 35.9 Å². The molecule has 0 amide bonds. The number of carbonyl (C=O) groups excluding carboxylic acids is 1. The van der Waals surface area contributed by atoms with Gasteiger partial charge in [0.2, 0.25) is 0 Å². The summed E-state index contributed by atoms with van der Waals surface area (Å²) in [6, 6.07) is 9.11. The van der Waals surface area contributed by atoms with Crippen LogP contribution in [0.4, 0.5) is 0 Å². The highest BCUT2D eigenvalue weighted by Crippen LogP contribution is 2.57. The number of benzene rings is 1. The first-order valence-electron chi connectivity index (χ1n) is 6.60. The van der Waals surface area contributed by atoms with E-state index in [0.717, 1.165) is 0 Å². The number of esters is 1. The molecular weight excluding hydrogens is 240 g/mol. The van der Waals surface area contributed by atoms with Crippen LogP contribution in [-0.2, 0) is 9.47 Å². The molecule has 0 heterocycles. The highest BCUT2D eigenvalue weighted by molar-refractivity contribution is 5.89. The summed E-state index contributed by atoms with van der Waals surface area (Å²) in [5.41, 5.74) is 0.265. The summed E-state index contributed by atoms with van der Waals surface area (Å²) < 4.78 is 11.3. The van der Waals surface area contributed by atoms with Crippen LogP contribution in [-0.4, -0.2) is 25.3 Å². The first kappa shape index (κ1) is 14.1. The second kappa shape index (κ2) is 4.64. The summed E-state index contributed by atoms with van der Waals surface area (Å²) >= 11 is 0. The summed E-state index contributed by atoms with van der Waals surface area (Å²) in [7, 11) is 1.71. The van der Waals surface area contributed by atoms with E-state index in [1.807, 2.05) is 18.2 Å². The Kier molecular flexibility index (Phi) is 3.43. The number of ether oxygens (including phenoxy) is 2. The van der Waals surface area contributed by atoms with Gasteiger partial charge in [0, 0.05) is 17.9 Å². The van der Waals surface area contributed by atoms with Crippen LogP contribution in [0, 0.1) is 10.8 Å². The van der Waals surface area contributed by atoms with Gasteiger partial charge in [-0.3, -0.25) is 0 Å². The Hall–Kier alpha value is -1.35. The maximum Gasteiger partial charge on any atom is 0.338 e. The summed E-state index contributed by atoms with van der Waals surface area (Å²) in [4.78, 5) is 12.2. The average molecular weight is 262 g/mol. The summed E-state index contributed by atoms with van der Waals surface area (Å²) in [5.74, 6) is -0.263. The SMILES string of the molecule is COC1C(C)(C)C(OC(=O)c2ccccc2)C1(C)C. The third-order valence-electron chi connectivity index (χ3n) is 4.17. The van der Waals surface area contributed by atoms with Crippen LogP contribution in [0.5, 0.6) is 0 Å². The van der Waals surface area contributed by atoms with Gasteiger partial charge < -0.3 is 9.47 Å². The lowest BCUT2D eigenvalue weighted by Crippen LogP contribution is -2.69. The fourth-order valence-corrected chi connectivity index (χ4v) is 3.76. The molecule has 1 saturated carbocycles. The normalized spacial score (nSPS) is 27.4. The van der Waals surface area contributed by atoms with Crippen LogP contribution in [0.25, 0.3) is 0 Å². The molecule has 0 atom stereocenters. The van der Waals surface area contributed by atoms with Gasteiger partial charge in [-0.1, -0.05) is 45.9 Å². The fraction of sp³-hybridized carbons (Fsp3) is 0.562. The smallest absolute Gasteiger partial charge is 0.338 e. The minimum atomic E-state index is -0.263. The van der Waals surface area contributed by atoms with Gasteiger partial charge in [0.05, 0.1) is 11.7 Å². The van der Waals surface area contributed by atoms with Crippen molar-refractivity contribution in [3.63, 3.8) is 0 Å². The van der Waals surface area contributed by atoms with Crippen molar-refractivity contribution in [2.45, 2.75) is 39.9 Å². The molecule has 19 heavy (non-hydrogen) atoms. The molecule has 0 spiro atoms. The van der Waals surface area contributed by atoms with Gasteiger partial charge in [-0.15, -0.1) is 0 Å². The molecule has 2 rings (SSSR count). The fourth-order valence-electron chi connectivity index (χ4n) is 3.76. The van der Waals surface area contributed by atoms with Crippen LogP contribution < -0.4 is 0 Å². The molecule has 1 aliphatic rings. The predicted octanol–water partition coefficient (Wildman–Crippen LogP) is 3.29. The van der Waals surface area contributed by atoms with Crippen LogP contribution >= 0.6 is 0 Å². The Labute approximate surface area is 114 Å². The van der Waals surface area contributed by atoms with Gasteiger partial charge in [0.15, 0.2) is 0 Å². The number of hydrogen-bond acceptors (Lipinski definition) is 3. The number of rotatable bonds is 3. The highest BCUT2D eigenvalue weighted by Gasteiger charge is 2.64. The lowest BCUT2D eigenvalue weighted by Gasteiger charge is -2.61. The van der Waals surface area contributed by atoms with Gasteiger partial charge in [-0.05, 0) is 12.1 Å². The maximum absolute atomic E-state index is 12.2. The highest BCUT2D eigenvalue weighted by atomic mass is 16.6. The predicted molar refractivity (Wildman–Crippen MR) is 74.0 cm³/mol. The minimum absolute atomic E-state index is 0.0913. The second-order valence-electron chi connectivity index (χ2n) is 6.41. The Morgan fingerprint density at radius 2 is 1.53 bits per heavy atom. The van der Waals surface area contributed by atoms with E-state index in [1.54, 1.807) is 19.2 Å². The third-order valence-corrected chi connectivity index (χ3v) is 4.17. The van der Waals surface area contributed by atoms with Gasteiger partial charge in [-0.2, -0.15) is 0 Å². The molecule has 0 saturated heterocycles. The summed E-state index contributed by atoms with van der Waals surface area (Å²) in [5, 5.41) is 0. The molecule has 0 radical (unpaired) electrons.